The van der Waals surface area contributed by atoms with Crippen LogP contribution in [0.5, 0.6) is 0 Å². The first-order valence-electron chi connectivity index (χ1n) is 28.8. The van der Waals surface area contributed by atoms with Crippen molar-refractivity contribution >= 4 is 105 Å². The van der Waals surface area contributed by atoms with Gasteiger partial charge in [0.2, 0.25) is 5.91 Å². The topological polar surface area (TPSA) is 183 Å². The number of ketones is 1. The van der Waals surface area contributed by atoms with E-state index in [2.05, 4.69) is 41.9 Å². The van der Waals surface area contributed by atoms with Crippen molar-refractivity contribution in [1.29, 1.82) is 1.34 Å². The molecule has 17 nitrogen and oxygen atoms in total. The number of aromatic nitrogens is 4. The number of imide groups is 2. The van der Waals surface area contributed by atoms with Gasteiger partial charge in [0.25, 0.3) is 5.91 Å². The van der Waals surface area contributed by atoms with Gasteiger partial charge in [-0.15, -0.1) is 0 Å². The van der Waals surface area contributed by atoms with Crippen LogP contribution in [0.15, 0.2) is 110 Å². The maximum absolute atomic E-state index is 14.2. The van der Waals surface area contributed by atoms with Crippen molar-refractivity contribution in [2.75, 3.05) is 13.1 Å². The fraction of sp³-hybridized carbons (Fsp3) is 0.379. The Balaban J connectivity index is 0.000000215. The molecule has 85 heavy (non-hydrogen) atoms. The Morgan fingerprint density at radius 3 is 1.61 bits per heavy atom. The van der Waals surface area contributed by atoms with Crippen molar-refractivity contribution in [3.63, 3.8) is 0 Å². The molecular formula is C66H73BN6O11U. The number of hydrogen-bond acceptors (Lipinski definition) is 11. The van der Waals surface area contributed by atoms with Crippen LogP contribution in [-0.2, 0) is 60.9 Å². The molecule has 0 atom stereocenters. The van der Waals surface area contributed by atoms with Crippen molar-refractivity contribution in [3.05, 3.63) is 143 Å². The number of amides is 4. The molecule has 3 aliphatic heterocycles. The van der Waals surface area contributed by atoms with Gasteiger partial charge in [-0.05, 0) is 145 Å². The summed E-state index contributed by atoms with van der Waals surface area (Å²) in [5.41, 5.74) is 6.38. The summed E-state index contributed by atoms with van der Waals surface area (Å²) in [5, 5.41) is 3.25. The van der Waals surface area contributed by atoms with Gasteiger partial charge >= 0.3 is 24.4 Å². The zero-order valence-corrected chi connectivity index (χ0v) is 54.7. The van der Waals surface area contributed by atoms with Crippen molar-refractivity contribution < 1.29 is 83.6 Å². The fourth-order valence-electron chi connectivity index (χ4n) is 11.3. The summed E-state index contributed by atoms with van der Waals surface area (Å²) in [6.45, 7) is 22.5. The molecule has 0 saturated heterocycles. The van der Waals surface area contributed by atoms with Crippen molar-refractivity contribution in [2.24, 2.45) is 0 Å². The van der Waals surface area contributed by atoms with Gasteiger partial charge in [-0.1, -0.05) is 72.8 Å². The van der Waals surface area contributed by atoms with E-state index in [9.17, 15) is 33.6 Å². The molecule has 2 radical (unpaired) electrons. The molecular weight excluding hydrogens is 1300 g/mol. The van der Waals surface area contributed by atoms with Crippen molar-refractivity contribution in [3.8, 4) is 0 Å². The maximum atomic E-state index is 14.2. The number of nitrogens with zero attached hydrogens (tertiary/aromatic N) is 6. The Hall–Kier alpha value is -7.61. The Morgan fingerprint density at radius 1 is 0.553 bits per heavy atom. The van der Waals surface area contributed by atoms with Crippen LogP contribution < -0.4 is 0 Å². The van der Waals surface area contributed by atoms with E-state index in [0.717, 1.165) is 76.5 Å². The van der Waals surface area contributed by atoms with Crippen LogP contribution in [-0.4, -0.2) is 115 Å². The number of Topliss-reactive ketones (excluding diaryl/α,β-unsaturated/α-hetero) is 1. The number of hydrogen-bond donors (Lipinski definition) is 0. The molecule has 0 fully saturated rings. The van der Waals surface area contributed by atoms with Crippen LogP contribution in [0.3, 0.4) is 0 Å². The van der Waals surface area contributed by atoms with Crippen LogP contribution in [0, 0.1) is 31.1 Å². The largest absolute Gasteiger partial charge is 0.443 e. The van der Waals surface area contributed by atoms with E-state index in [1.54, 1.807) is 92.9 Å². The molecule has 0 aliphatic carbocycles. The third-order valence-corrected chi connectivity index (χ3v) is 14.5. The zero-order chi connectivity index (χ0) is 61.7. The summed E-state index contributed by atoms with van der Waals surface area (Å²) in [6.07, 6.45) is 8.15. The number of benzene rings is 4. The van der Waals surface area contributed by atoms with Crippen LogP contribution in [0.4, 0.5) is 19.2 Å². The third-order valence-electron chi connectivity index (χ3n) is 14.5. The Morgan fingerprint density at radius 2 is 1.04 bits per heavy atom. The smallest absolute Gasteiger partial charge is 0.419 e. The Kier molecular flexibility index (Phi) is 17.5. The van der Waals surface area contributed by atoms with E-state index >= 15 is 0 Å². The number of rotatable bonds is 7. The van der Waals surface area contributed by atoms with Crippen LogP contribution in [0.2, 0.25) is 0 Å². The predicted octanol–water partition coefficient (Wildman–Crippen LogP) is 12.9. The second-order valence-corrected chi connectivity index (χ2v) is 25.5. The molecule has 19 heteroatoms. The molecule has 7 heterocycles. The number of carbonyl (C=O) groups excluding carboxylic acids is 7. The first-order chi connectivity index (χ1) is 40.0. The van der Waals surface area contributed by atoms with E-state index < -0.39 is 65.1 Å². The van der Waals surface area contributed by atoms with E-state index in [4.69, 9.17) is 20.3 Å². The average molecular weight is 1380 g/mol. The summed E-state index contributed by atoms with van der Waals surface area (Å²) in [6, 6.07) is 26.8. The van der Waals surface area contributed by atoms with Gasteiger partial charge in [0, 0.05) is 116 Å². The van der Waals surface area contributed by atoms with Crippen LogP contribution in [0.1, 0.15) is 134 Å². The second-order valence-electron chi connectivity index (χ2n) is 25.5. The third kappa shape index (κ3) is 13.3. The molecule has 4 aromatic carbocycles. The summed E-state index contributed by atoms with van der Waals surface area (Å²) < 4.78 is 34.8. The van der Waals surface area contributed by atoms with Gasteiger partial charge in [0.05, 0.1) is 47.2 Å². The number of para-hydroxylation sites is 4. The minimum Gasteiger partial charge on any atom is -0.443 e. The monoisotopic (exact) mass is 1380 g/mol. The number of aryl methyl sites for hydroxylation is 4. The first kappa shape index (κ1) is 61.9. The van der Waals surface area contributed by atoms with Gasteiger partial charge in [0.15, 0.2) is 5.78 Å². The average Bonchev–Trinajstić information content (AvgIpc) is 1.69. The molecule has 0 saturated carbocycles. The normalized spacial score (nSPS) is 14.2. The van der Waals surface area contributed by atoms with Gasteiger partial charge in [-0.2, -0.15) is 0 Å². The van der Waals surface area contributed by atoms with E-state index in [1.165, 1.54) is 30.7 Å². The van der Waals surface area contributed by atoms with Gasteiger partial charge in [-0.25, -0.2) is 29.0 Å². The van der Waals surface area contributed by atoms with E-state index in [1.807, 2.05) is 75.5 Å². The van der Waals surface area contributed by atoms with Gasteiger partial charge < -0.3 is 28.1 Å². The summed E-state index contributed by atoms with van der Waals surface area (Å²) in [5.74, 6) is -1.42. The maximum Gasteiger partial charge on any atom is 0.419 e. The molecule has 4 aromatic heterocycles. The molecule has 0 unspecified atom stereocenters. The van der Waals surface area contributed by atoms with Gasteiger partial charge in [-0.3, -0.25) is 23.5 Å². The van der Waals surface area contributed by atoms with E-state index in [0.29, 0.717) is 38.7 Å². The Labute approximate surface area is 521 Å². The fourth-order valence-corrected chi connectivity index (χ4v) is 11.3. The number of ether oxygens (including phenoxy) is 4. The molecule has 0 N–H and O–H groups in total. The van der Waals surface area contributed by atoms with Crippen LogP contribution in [0.25, 0.3) is 54.8 Å². The molecule has 8 aromatic rings. The van der Waals surface area contributed by atoms with Crippen molar-refractivity contribution in [1.82, 2.24) is 28.1 Å². The first-order valence-corrected chi connectivity index (χ1v) is 28.3. The molecule has 0 bridgehead atoms. The second kappa shape index (κ2) is 24.0. The quantitative estimate of drug-likeness (QED) is 0.0841. The van der Waals surface area contributed by atoms with Gasteiger partial charge in [0.1, 0.15) is 22.4 Å². The molecule has 11 rings (SSSR count). The molecule has 4 amide bonds. The standard InChI is InChI=1S/C33H37N3O6.C33H35N3O5.BH.U/c1-32(2,3)41-30(39)35-18-22(23-13-7-8-15-26(23)35)17-28(38)36(31(40)42-33(4,5)6)20-27(37)25-19-34-16-10-12-21-11-9-14-24(25)29(21)34;1-32(2,3)40-30(38)35-18-24(21-13-7-8-15-26(21)35)27-25(19-36(29(27)37)31(39)41-33(4,5)6)23-17-34-16-10-12-20-11-9-14-22(23)28(20)34;;/h7-9,11,13-15,18-19H,10,12,16-17,20H2,1-6H3;7-9,11,13-15,17-18H,10,12,16,19H2,1-6H3;1H;/i;;1D;. The summed E-state index contributed by atoms with van der Waals surface area (Å²) in [4.78, 5) is 96.6. The van der Waals surface area contributed by atoms with E-state index in [-0.39, 0.29) is 49.9 Å². The number of carbonyl (C=O) groups is 7. The van der Waals surface area contributed by atoms with Crippen LogP contribution >= 0.6 is 0 Å². The minimum absolute atomic E-state index is 0. The number of fused-ring (bicyclic) bond motifs is 2. The predicted molar refractivity (Wildman–Crippen MR) is 326 cm³/mol. The summed E-state index contributed by atoms with van der Waals surface area (Å²) >= 11 is 0. The SMILES string of the molecule is CC(C)(C)OC(=O)N(CC(=O)c1cn2c3c(cccc13)CCC2)C(=O)Cc1cn(C(=O)OC(C)(C)C)c2ccccc12.CC(C)(C)OC(=O)N1CC(c2cn3c4c(cccc24)CCC3)=C(c2cn(C(=O)OC(C)(C)C)c3ccccc23)C1=O.[2H][B].[U]. The Bertz CT molecular complexity index is 4030. The van der Waals surface area contributed by atoms with Crippen molar-refractivity contribution in [2.45, 2.75) is 151 Å². The molecule has 0 spiro atoms. The summed E-state index contributed by atoms with van der Waals surface area (Å²) in [7, 11) is 3.75. The zero-order valence-electron chi connectivity index (χ0n) is 51.5. The molecule has 440 valence electrons. The minimum atomic E-state index is -0.898. The molecule has 3 aliphatic rings.